The molecular weight excluding hydrogens is 264 g/mol. The van der Waals surface area contributed by atoms with Crippen molar-refractivity contribution in [3.05, 3.63) is 0 Å². The van der Waals surface area contributed by atoms with Gasteiger partial charge in [0.25, 0.3) is 0 Å². The summed E-state index contributed by atoms with van der Waals surface area (Å²) in [5, 5.41) is 11.8. The number of carbonyl (C=O) groups excluding carboxylic acids is 2. The molecule has 0 saturated heterocycles. The lowest BCUT2D eigenvalue weighted by molar-refractivity contribution is -0.153. The van der Waals surface area contributed by atoms with Crippen molar-refractivity contribution < 1.29 is 24.2 Å². The van der Waals surface area contributed by atoms with Gasteiger partial charge < -0.3 is 20.9 Å². The molecule has 1 amide bonds. The minimum absolute atomic E-state index is 0.113. The maximum atomic E-state index is 11.9. The van der Waals surface area contributed by atoms with E-state index in [4.69, 9.17) is 5.73 Å². The minimum Gasteiger partial charge on any atom is -0.480 e. The summed E-state index contributed by atoms with van der Waals surface area (Å²) in [7, 11) is 0. The van der Waals surface area contributed by atoms with Crippen LogP contribution in [0.2, 0.25) is 0 Å². The Labute approximate surface area is 117 Å². The number of esters is 1. The van der Waals surface area contributed by atoms with Crippen molar-refractivity contribution >= 4 is 17.8 Å². The summed E-state index contributed by atoms with van der Waals surface area (Å²) in [6, 6.07) is -1.49. The highest BCUT2D eigenvalue weighted by Crippen LogP contribution is 2.32. The van der Waals surface area contributed by atoms with Crippen LogP contribution in [-0.4, -0.2) is 41.1 Å². The summed E-state index contributed by atoms with van der Waals surface area (Å²) < 4.78 is 4.65. The third-order valence-corrected chi connectivity index (χ3v) is 3.72. The first kappa shape index (κ1) is 16.4. The topological polar surface area (TPSA) is 119 Å². The Morgan fingerprint density at radius 3 is 2.40 bits per heavy atom. The lowest BCUT2D eigenvalue weighted by Gasteiger charge is -2.36. The molecular formula is C13H22N2O5. The Hall–Kier alpha value is -1.63. The fraction of sp³-hybridized carbons (Fsp3) is 0.769. The number of amides is 1. The molecule has 0 aromatic rings. The van der Waals surface area contributed by atoms with Gasteiger partial charge in [0.15, 0.2) is 6.04 Å². The molecule has 0 spiro atoms. The summed E-state index contributed by atoms with van der Waals surface area (Å²) in [4.78, 5) is 34.8. The second kappa shape index (κ2) is 6.69. The second-order valence-electron chi connectivity index (χ2n) is 5.29. The Kier molecular flexibility index (Phi) is 5.50. The molecule has 1 aliphatic carbocycles. The van der Waals surface area contributed by atoms with Gasteiger partial charge >= 0.3 is 11.9 Å². The third kappa shape index (κ3) is 3.69. The fourth-order valence-corrected chi connectivity index (χ4v) is 2.30. The highest BCUT2D eigenvalue weighted by atomic mass is 16.5. The van der Waals surface area contributed by atoms with E-state index in [1.165, 1.54) is 0 Å². The van der Waals surface area contributed by atoms with Crippen molar-refractivity contribution in [3.8, 4) is 0 Å². The van der Waals surface area contributed by atoms with Crippen molar-refractivity contribution in [2.45, 2.75) is 51.1 Å². The van der Waals surface area contributed by atoms with Gasteiger partial charge in [0.05, 0.1) is 6.61 Å². The monoisotopic (exact) mass is 286 g/mol. The molecule has 1 rings (SSSR count). The van der Waals surface area contributed by atoms with Gasteiger partial charge in [-0.15, -0.1) is 0 Å². The summed E-state index contributed by atoms with van der Waals surface area (Å²) in [6.45, 7) is 3.75. The molecule has 20 heavy (non-hydrogen) atoms. The standard InChI is InChI=1S/C13H22N2O5/c1-3-20-11(17)9(14)10(16)15-13(12(18)19)6-4-8(2)5-7-13/h8-9H,3-7,14H2,1-2H3,(H,15,16)(H,18,19). The highest BCUT2D eigenvalue weighted by molar-refractivity contribution is 6.03. The van der Waals surface area contributed by atoms with E-state index in [9.17, 15) is 19.5 Å². The van der Waals surface area contributed by atoms with Gasteiger partial charge in [0, 0.05) is 0 Å². The predicted octanol–water partition coefficient (Wildman–Crippen LogP) is 0.0265. The van der Waals surface area contributed by atoms with E-state index < -0.39 is 29.4 Å². The first-order valence-electron chi connectivity index (χ1n) is 6.80. The van der Waals surface area contributed by atoms with Gasteiger partial charge in [0.2, 0.25) is 5.91 Å². The number of hydrogen-bond donors (Lipinski definition) is 3. The summed E-state index contributed by atoms with van der Waals surface area (Å²) in [5.41, 5.74) is 4.15. The lowest BCUT2D eigenvalue weighted by atomic mass is 9.77. The Morgan fingerprint density at radius 2 is 1.95 bits per heavy atom. The highest BCUT2D eigenvalue weighted by Gasteiger charge is 2.44. The number of nitrogens with two attached hydrogens (primary N) is 1. The zero-order chi connectivity index (χ0) is 15.3. The Morgan fingerprint density at radius 1 is 1.40 bits per heavy atom. The normalized spacial score (nSPS) is 27.4. The Bertz CT molecular complexity index is 388. The Balaban J connectivity index is 2.74. The summed E-state index contributed by atoms with van der Waals surface area (Å²) >= 11 is 0. The van der Waals surface area contributed by atoms with E-state index in [2.05, 4.69) is 10.1 Å². The van der Waals surface area contributed by atoms with Crippen molar-refractivity contribution in [2.24, 2.45) is 11.7 Å². The van der Waals surface area contributed by atoms with Crippen molar-refractivity contribution in [1.82, 2.24) is 5.32 Å². The van der Waals surface area contributed by atoms with Gasteiger partial charge in [-0.3, -0.25) is 4.79 Å². The second-order valence-corrected chi connectivity index (χ2v) is 5.29. The summed E-state index contributed by atoms with van der Waals surface area (Å²) in [5.74, 6) is -2.32. The van der Waals surface area contributed by atoms with Gasteiger partial charge in [-0.1, -0.05) is 6.92 Å². The van der Waals surface area contributed by atoms with Crippen LogP contribution in [0.15, 0.2) is 0 Å². The van der Waals surface area contributed by atoms with Gasteiger partial charge in [-0.2, -0.15) is 0 Å². The van der Waals surface area contributed by atoms with E-state index >= 15 is 0 Å². The number of carboxylic acid groups (broad SMARTS) is 1. The van der Waals surface area contributed by atoms with Crippen LogP contribution in [0.1, 0.15) is 39.5 Å². The van der Waals surface area contributed by atoms with Crippen molar-refractivity contribution in [1.29, 1.82) is 0 Å². The molecule has 0 heterocycles. The number of rotatable bonds is 5. The minimum atomic E-state index is -1.49. The van der Waals surface area contributed by atoms with Crippen LogP contribution in [0.3, 0.4) is 0 Å². The van der Waals surface area contributed by atoms with Crippen LogP contribution in [0.5, 0.6) is 0 Å². The predicted molar refractivity (Wildman–Crippen MR) is 70.7 cm³/mol. The van der Waals surface area contributed by atoms with E-state index in [-0.39, 0.29) is 6.61 Å². The lowest BCUT2D eigenvalue weighted by Crippen LogP contribution is -2.60. The molecule has 1 atom stereocenters. The average Bonchev–Trinajstić information content (AvgIpc) is 2.40. The average molecular weight is 286 g/mol. The molecule has 0 radical (unpaired) electrons. The zero-order valence-electron chi connectivity index (χ0n) is 11.8. The van der Waals surface area contributed by atoms with Gasteiger partial charge in [0.1, 0.15) is 5.54 Å². The van der Waals surface area contributed by atoms with Crippen LogP contribution in [-0.2, 0) is 19.1 Å². The van der Waals surface area contributed by atoms with Crippen LogP contribution < -0.4 is 11.1 Å². The van der Waals surface area contributed by atoms with Crippen LogP contribution in [0, 0.1) is 5.92 Å². The SMILES string of the molecule is CCOC(=O)C(N)C(=O)NC1(C(=O)O)CCC(C)CC1. The van der Waals surface area contributed by atoms with E-state index in [1.807, 2.05) is 6.92 Å². The number of carboxylic acids is 1. The van der Waals surface area contributed by atoms with E-state index in [0.717, 1.165) is 0 Å². The number of ether oxygens (including phenoxy) is 1. The number of carbonyl (C=O) groups is 3. The zero-order valence-corrected chi connectivity index (χ0v) is 11.8. The van der Waals surface area contributed by atoms with Gasteiger partial charge in [-0.05, 0) is 38.5 Å². The molecule has 0 aromatic heterocycles. The molecule has 7 heteroatoms. The summed E-state index contributed by atoms with van der Waals surface area (Å²) in [6.07, 6.45) is 2.10. The van der Waals surface area contributed by atoms with E-state index in [1.54, 1.807) is 6.92 Å². The number of nitrogens with one attached hydrogen (secondary N) is 1. The molecule has 1 unspecified atom stereocenters. The molecule has 7 nitrogen and oxygen atoms in total. The largest absolute Gasteiger partial charge is 0.480 e. The first-order chi connectivity index (χ1) is 9.32. The van der Waals surface area contributed by atoms with Crippen LogP contribution >= 0.6 is 0 Å². The first-order valence-corrected chi connectivity index (χ1v) is 6.80. The van der Waals surface area contributed by atoms with E-state index in [0.29, 0.717) is 31.6 Å². The number of aliphatic carboxylic acids is 1. The number of hydrogen-bond acceptors (Lipinski definition) is 5. The smallest absolute Gasteiger partial charge is 0.332 e. The molecule has 1 saturated carbocycles. The quantitative estimate of drug-likeness (QED) is 0.484. The molecule has 0 aromatic carbocycles. The fourth-order valence-electron chi connectivity index (χ4n) is 2.30. The molecule has 0 bridgehead atoms. The molecule has 4 N–H and O–H groups in total. The molecule has 1 aliphatic rings. The maximum Gasteiger partial charge on any atom is 0.332 e. The maximum absolute atomic E-state index is 11.9. The van der Waals surface area contributed by atoms with Gasteiger partial charge in [-0.25, -0.2) is 9.59 Å². The third-order valence-electron chi connectivity index (χ3n) is 3.72. The van der Waals surface area contributed by atoms with Crippen molar-refractivity contribution in [3.63, 3.8) is 0 Å². The van der Waals surface area contributed by atoms with Crippen LogP contribution in [0.4, 0.5) is 0 Å². The van der Waals surface area contributed by atoms with Crippen LogP contribution in [0.25, 0.3) is 0 Å². The molecule has 0 aliphatic heterocycles. The molecule has 114 valence electrons. The van der Waals surface area contributed by atoms with Crippen molar-refractivity contribution in [2.75, 3.05) is 6.61 Å². The molecule has 1 fully saturated rings.